The average molecular weight is 449 g/mol. The zero-order valence-corrected chi connectivity index (χ0v) is 18.2. The van der Waals surface area contributed by atoms with Crippen LogP contribution in [0.4, 0.5) is 4.39 Å². The fraction of sp³-hybridized carbons (Fsp3) is 0.167. The van der Waals surface area contributed by atoms with E-state index in [0.717, 1.165) is 21.1 Å². The minimum atomic E-state index is -0.414. The molecule has 0 aliphatic heterocycles. The molecule has 2 aromatic heterocycles. The van der Waals surface area contributed by atoms with E-state index in [-0.39, 0.29) is 31.0 Å². The number of rotatable bonds is 7. The Hall–Kier alpha value is -3.65. The number of nitrogens with zero attached hydrogens (tertiary/aromatic N) is 3. The van der Waals surface area contributed by atoms with Crippen LogP contribution in [-0.4, -0.2) is 27.2 Å². The number of carbonyl (C=O) groups is 1. The molecule has 4 rings (SSSR count). The van der Waals surface area contributed by atoms with Crippen molar-refractivity contribution in [1.82, 2.24) is 20.1 Å². The summed E-state index contributed by atoms with van der Waals surface area (Å²) in [6.45, 7) is 2.33. The van der Waals surface area contributed by atoms with E-state index in [1.54, 1.807) is 24.3 Å². The standard InChI is InChI=1S/C24H21FN4O2S/c1-16-23(32-24(27-16)17-7-3-2-4-8-17)20-11-12-22(31)29(28-20)14-13-26-21(30)15-18-9-5-6-10-19(18)25/h2-12H,13-15H2,1H3,(H,26,30). The lowest BCUT2D eigenvalue weighted by atomic mass is 10.1. The number of halogens is 1. The largest absolute Gasteiger partial charge is 0.354 e. The molecule has 0 saturated heterocycles. The van der Waals surface area contributed by atoms with Gasteiger partial charge in [-0.3, -0.25) is 9.59 Å². The summed E-state index contributed by atoms with van der Waals surface area (Å²) >= 11 is 1.52. The van der Waals surface area contributed by atoms with Crippen molar-refractivity contribution in [2.75, 3.05) is 6.54 Å². The molecule has 32 heavy (non-hydrogen) atoms. The SMILES string of the molecule is Cc1nc(-c2ccccc2)sc1-c1ccc(=O)n(CCNC(=O)Cc2ccccc2F)n1. The number of aromatic nitrogens is 3. The number of hydrogen-bond donors (Lipinski definition) is 1. The zero-order chi connectivity index (χ0) is 22.5. The van der Waals surface area contributed by atoms with Crippen molar-refractivity contribution in [3.8, 4) is 21.1 Å². The molecule has 0 unspecified atom stereocenters. The average Bonchev–Trinajstić information content (AvgIpc) is 3.19. The summed E-state index contributed by atoms with van der Waals surface area (Å²) in [7, 11) is 0. The van der Waals surface area contributed by atoms with Gasteiger partial charge in [0.25, 0.3) is 5.56 Å². The number of aryl methyl sites for hydroxylation is 1. The highest BCUT2D eigenvalue weighted by Gasteiger charge is 2.14. The lowest BCUT2D eigenvalue weighted by Crippen LogP contribution is -2.32. The number of benzene rings is 2. The van der Waals surface area contributed by atoms with E-state index >= 15 is 0 Å². The maximum atomic E-state index is 13.7. The molecule has 1 amide bonds. The van der Waals surface area contributed by atoms with Gasteiger partial charge in [-0.15, -0.1) is 11.3 Å². The Kier molecular flexibility index (Phi) is 6.51. The van der Waals surface area contributed by atoms with Crippen LogP contribution in [0.2, 0.25) is 0 Å². The van der Waals surface area contributed by atoms with Crippen LogP contribution >= 0.6 is 11.3 Å². The van der Waals surface area contributed by atoms with Crippen LogP contribution in [0.15, 0.2) is 71.5 Å². The summed E-state index contributed by atoms with van der Waals surface area (Å²) in [6, 6.07) is 19.2. The van der Waals surface area contributed by atoms with E-state index in [2.05, 4.69) is 15.4 Å². The van der Waals surface area contributed by atoms with Crippen LogP contribution in [0.25, 0.3) is 21.1 Å². The topological polar surface area (TPSA) is 76.9 Å². The van der Waals surface area contributed by atoms with Gasteiger partial charge in [-0.25, -0.2) is 14.1 Å². The first-order valence-electron chi connectivity index (χ1n) is 10.1. The quantitative estimate of drug-likeness (QED) is 0.466. The molecule has 6 nitrogen and oxygen atoms in total. The number of thiazole rings is 1. The summed E-state index contributed by atoms with van der Waals surface area (Å²) in [6.07, 6.45) is -0.0582. The van der Waals surface area contributed by atoms with Crippen LogP contribution in [0, 0.1) is 12.7 Å². The highest BCUT2D eigenvalue weighted by Crippen LogP contribution is 2.33. The van der Waals surface area contributed by atoms with Crippen LogP contribution in [0.1, 0.15) is 11.3 Å². The third kappa shape index (κ3) is 4.97. The van der Waals surface area contributed by atoms with Crippen LogP contribution in [0.3, 0.4) is 0 Å². The zero-order valence-electron chi connectivity index (χ0n) is 17.4. The molecular formula is C24H21FN4O2S. The van der Waals surface area contributed by atoms with Gasteiger partial charge < -0.3 is 5.32 Å². The molecule has 0 aliphatic carbocycles. The Bertz CT molecular complexity index is 1300. The first-order chi connectivity index (χ1) is 15.5. The van der Waals surface area contributed by atoms with Gasteiger partial charge in [0.1, 0.15) is 16.5 Å². The van der Waals surface area contributed by atoms with Gasteiger partial charge in [-0.1, -0.05) is 48.5 Å². The summed E-state index contributed by atoms with van der Waals surface area (Å²) in [5.74, 6) is -0.729. The number of hydrogen-bond acceptors (Lipinski definition) is 5. The molecular weight excluding hydrogens is 427 g/mol. The van der Waals surface area contributed by atoms with Gasteiger partial charge in [0.05, 0.1) is 23.5 Å². The van der Waals surface area contributed by atoms with E-state index < -0.39 is 5.82 Å². The van der Waals surface area contributed by atoms with Crippen molar-refractivity contribution in [3.63, 3.8) is 0 Å². The molecule has 162 valence electrons. The third-order valence-electron chi connectivity index (χ3n) is 4.87. The smallest absolute Gasteiger partial charge is 0.266 e. The number of carbonyl (C=O) groups excluding carboxylic acids is 1. The molecule has 0 atom stereocenters. The summed E-state index contributed by atoms with van der Waals surface area (Å²) in [4.78, 5) is 29.9. The summed E-state index contributed by atoms with van der Waals surface area (Å²) in [5, 5.41) is 8.07. The molecule has 0 spiro atoms. The fourth-order valence-electron chi connectivity index (χ4n) is 3.25. The van der Waals surface area contributed by atoms with Gasteiger partial charge in [0.15, 0.2) is 0 Å². The van der Waals surface area contributed by atoms with Crippen LogP contribution in [0.5, 0.6) is 0 Å². The fourth-order valence-corrected chi connectivity index (χ4v) is 4.28. The first-order valence-corrected chi connectivity index (χ1v) is 10.9. The van der Waals surface area contributed by atoms with Gasteiger partial charge in [-0.05, 0) is 24.6 Å². The number of amides is 1. The molecule has 0 radical (unpaired) electrons. The van der Waals surface area contributed by atoms with Crippen molar-refractivity contribution in [2.24, 2.45) is 0 Å². The molecule has 4 aromatic rings. The summed E-state index contributed by atoms with van der Waals surface area (Å²) < 4.78 is 15.0. The second-order valence-corrected chi connectivity index (χ2v) is 8.20. The Balaban J connectivity index is 1.44. The van der Waals surface area contributed by atoms with Gasteiger partial charge >= 0.3 is 0 Å². The molecule has 2 heterocycles. The maximum Gasteiger partial charge on any atom is 0.266 e. The predicted molar refractivity (Wildman–Crippen MR) is 123 cm³/mol. The van der Waals surface area contributed by atoms with Crippen LogP contribution < -0.4 is 10.9 Å². The molecule has 0 bridgehead atoms. The normalized spacial score (nSPS) is 10.8. The van der Waals surface area contributed by atoms with Crippen LogP contribution in [-0.2, 0) is 17.8 Å². The van der Waals surface area contributed by atoms with Crippen molar-refractivity contribution < 1.29 is 9.18 Å². The molecule has 0 aliphatic rings. The first kappa shape index (κ1) is 21.6. The lowest BCUT2D eigenvalue weighted by Gasteiger charge is -2.08. The van der Waals surface area contributed by atoms with Gasteiger partial charge in [-0.2, -0.15) is 5.10 Å². The van der Waals surface area contributed by atoms with Crippen molar-refractivity contribution in [3.05, 3.63) is 94.2 Å². The molecule has 2 aromatic carbocycles. The van der Waals surface area contributed by atoms with E-state index in [4.69, 9.17) is 0 Å². The van der Waals surface area contributed by atoms with E-state index in [1.807, 2.05) is 37.3 Å². The Labute approximate surface area is 188 Å². The van der Waals surface area contributed by atoms with Gasteiger partial charge in [0.2, 0.25) is 5.91 Å². The van der Waals surface area contributed by atoms with E-state index in [1.165, 1.54) is 28.2 Å². The molecule has 0 fully saturated rings. The Morgan fingerprint density at radius 1 is 1.06 bits per heavy atom. The highest BCUT2D eigenvalue weighted by molar-refractivity contribution is 7.18. The van der Waals surface area contributed by atoms with Crippen molar-refractivity contribution in [2.45, 2.75) is 19.9 Å². The van der Waals surface area contributed by atoms with E-state index in [0.29, 0.717) is 11.3 Å². The minimum absolute atomic E-state index is 0.0582. The molecule has 1 N–H and O–H groups in total. The molecule has 8 heteroatoms. The maximum absolute atomic E-state index is 13.7. The van der Waals surface area contributed by atoms with Crippen molar-refractivity contribution >= 4 is 17.2 Å². The number of nitrogens with one attached hydrogen (secondary N) is 1. The monoisotopic (exact) mass is 448 g/mol. The second-order valence-electron chi connectivity index (χ2n) is 7.20. The predicted octanol–water partition coefficient (Wildman–Crippen LogP) is 3.84. The van der Waals surface area contributed by atoms with E-state index in [9.17, 15) is 14.0 Å². The Morgan fingerprint density at radius 2 is 1.81 bits per heavy atom. The molecule has 0 saturated carbocycles. The third-order valence-corrected chi connectivity index (χ3v) is 6.10. The second kappa shape index (κ2) is 9.65. The Morgan fingerprint density at radius 3 is 2.59 bits per heavy atom. The summed E-state index contributed by atoms with van der Waals surface area (Å²) in [5.41, 5.74) is 2.58. The minimum Gasteiger partial charge on any atom is -0.354 e. The lowest BCUT2D eigenvalue weighted by molar-refractivity contribution is -0.120. The van der Waals surface area contributed by atoms with Crippen molar-refractivity contribution in [1.29, 1.82) is 0 Å². The van der Waals surface area contributed by atoms with Gasteiger partial charge in [0, 0.05) is 18.2 Å². The highest BCUT2D eigenvalue weighted by atomic mass is 32.1.